The van der Waals surface area contributed by atoms with Crippen molar-refractivity contribution >= 4 is 45.2 Å². The van der Waals surface area contributed by atoms with Gasteiger partial charge in [-0.05, 0) is 26.0 Å². The summed E-state index contributed by atoms with van der Waals surface area (Å²) in [7, 11) is 0. The molecule has 0 aliphatic heterocycles. The zero-order chi connectivity index (χ0) is 11.2. The smallest absolute Gasteiger partial charge is 0.304 e. The first-order valence-corrected chi connectivity index (χ1v) is 6.66. The van der Waals surface area contributed by atoms with Gasteiger partial charge in [0, 0.05) is 4.75 Å². The Morgan fingerprint density at radius 3 is 2.50 bits per heavy atom. The van der Waals surface area contributed by atoms with Crippen LogP contribution in [0.3, 0.4) is 0 Å². The Morgan fingerprint density at radius 1 is 1.50 bits per heavy atom. The summed E-state index contributed by atoms with van der Waals surface area (Å²) >= 11 is 8.27. The number of carboxylic acid groups (broad SMARTS) is 1. The normalized spacial score (nSPS) is 11.4. The molecule has 0 aliphatic rings. The average molecular weight is 252 g/mol. The molecule has 2 nitrogen and oxygen atoms in total. The van der Waals surface area contributed by atoms with Gasteiger partial charge < -0.3 is 5.11 Å². The third-order valence-corrected chi connectivity index (χ3v) is 4.28. The quantitative estimate of drug-likeness (QED) is 0.759. The van der Waals surface area contributed by atoms with E-state index in [0.29, 0.717) is 0 Å². The number of carboxylic acids is 1. The molecule has 14 heavy (non-hydrogen) atoms. The monoisotopic (exact) mass is 252 g/mol. The van der Waals surface area contributed by atoms with Crippen LogP contribution < -0.4 is 0 Å². The zero-order valence-electron chi connectivity index (χ0n) is 8.70. The molecule has 82 valence electrons. The molecule has 0 spiro atoms. The van der Waals surface area contributed by atoms with Crippen molar-refractivity contribution in [3.8, 4) is 0 Å². The number of rotatable bonds is 5. The standard InChI is InChI=1S/C9H16O2S3/c1-4-5-13-8(12)14-9(2,3)6-7(10)11/h4-6H2,1-3H3,(H,10,11). The van der Waals surface area contributed by atoms with Gasteiger partial charge in [-0.1, -0.05) is 19.1 Å². The summed E-state index contributed by atoms with van der Waals surface area (Å²) in [6.45, 7) is 5.91. The molecule has 0 radical (unpaired) electrons. The summed E-state index contributed by atoms with van der Waals surface area (Å²) in [6.07, 6.45) is 1.23. The lowest BCUT2D eigenvalue weighted by Crippen LogP contribution is -2.21. The molecule has 1 N–H and O–H groups in total. The summed E-state index contributed by atoms with van der Waals surface area (Å²) in [6, 6.07) is 0. The van der Waals surface area contributed by atoms with E-state index in [1.165, 1.54) is 11.8 Å². The van der Waals surface area contributed by atoms with E-state index < -0.39 is 5.97 Å². The van der Waals surface area contributed by atoms with Gasteiger partial charge in [0.05, 0.1) is 6.42 Å². The maximum absolute atomic E-state index is 10.5. The van der Waals surface area contributed by atoms with E-state index in [1.807, 2.05) is 13.8 Å². The molecule has 0 atom stereocenters. The summed E-state index contributed by atoms with van der Waals surface area (Å²) in [5.41, 5.74) is 0. The van der Waals surface area contributed by atoms with Crippen molar-refractivity contribution in [1.82, 2.24) is 0 Å². The second-order valence-electron chi connectivity index (χ2n) is 3.53. The Bertz CT molecular complexity index is 214. The van der Waals surface area contributed by atoms with Crippen LogP contribution in [-0.4, -0.2) is 25.1 Å². The Labute approximate surface area is 99.2 Å². The maximum atomic E-state index is 10.5. The number of thioether (sulfide) groups is 2. The van der Waals surface area contributed by atoms with Crippen molar-refractivity contribution in [2.75, 3.05) is 5.75 Å². The van der Waals surface area contributed by atoms with E-state index in [0.717, 1.165) is 15.7 Å². The average Bonchev–Trinajstić information content (AvgIpc) is 1.96. The molecule has 0 aromatic rings. The molecular formula is C9H16O2S3. The fourth-order valence-corrected chi connectivity index (χ4v) is 3.95. The largest absolute Gasteiger partial charge is 0.481 e. The van der Waals surface area contributed by atoms with Gasteiger partial charge in [-0.15, -0.1) is 23.5 Å². The molecule has 0 heterocycles. The Hall–Kier alpha value is 0.260. The molecule has 0 aromatic carbocycles. The summed E-state index contributed by atoms with van der Waals surface area (Å²) in [5, 5.41) is 8.67. The predicted molar refractivity (Wildman–Crippen MR) is 69.3 cm³/mol. The number of hydrogen-bond donors (Lipinski definition) is 1. The van der Waals surface area contributed by atoms with Crippen LogP contribution in [0.25, 0.3) is 0 Å². The van der Waals surface area contributed by atoms with Gasteiger partial charge in [-0.25, -0.2) is 0 Å². The molecule has 0 saturated heterocycles. The van der Waals surface area contributed by atoms with Gasteiger partial charge in [0.15, 0.2) is 0 Å². The molecular weight excluding hydrogens is 236 g/mol. The second-order valence-corrected chi connectivity index (χ2v) is 7.54. The van der Waals surface area contributed by atoms with Crippen LogP contribution in [0.1, 0.15) is 33.6 Å². The van der Waals surface area contributed by atoms with Crippen LogP contribution in [-0.2, 0) is 4.79 Å². The molecule has 0 saturated carbocycles. The minimum Gasteiger partial charge on any atom is -0.481 e. The number of carbonyl (C=O) groups is 1. The topological polar surface area (TPSA) is 37.3 Å². The van der Waals surface area contributed by atoms with E-state index in [4.69, 9.17) is 17.3 Å². The molecule has 0 amide bonds. The number of aliphatic carboxylic acids is 1. The van der Waals surface area contributed by atoms with Crippen LogP contribution in [0.5, 0.6) is 0 Å². The summed E-state index contributed by atoms with van der Waals surface area (Å²) < 4.78 is 0.544. The molecule has 0 rings (SSSR count). The van der Waals surface area contributed by atoms with Gasteiger partial charge in [-0.3, -0.25) is 4.79 Å². The van der Waals surface area contributed by atoms with Gasteiger partial charge in [-0.2, -0.15) is 0 Å². The van der Waals surface area contributed by atoms with Crippen LogP contribution >= 0.6 is 35.7 Å². The first kappa shape index (κ1) is 14.3. The fraction of sp³-hybridized carbons (Fsp3) is 0.778. The van der Waals surface area contributed by atoms with Gasteiger partial charge in [0.2, 0.25) is 0 Å². The molecule has 0 aromatic heterocycles. The Kier molecular flexibility index (Phi) is 6.81. The van der Waals surface area contributed by atoms with Crippen LogP contribution in [0.2, 0.25) is 0 Å². The first-order chi connectivity index (χ1) is 6.37. The van der Waals surface area contributed by atoms with Crippen LogP contribution in [0.4, 0.5) is 0 Å². The molecule has 0 unspecified atom stereocenters. The Balaban J connectivity index is 3.95. The van der Waals surface area contributed by atoms with E-state index in [2.05, 4.69) is 6.92 Å². The van der Waals surface area contributed by atoms with E-state index >= 15 is 0 Å². The fourth-order valence-electron chi connectivity index (χ4n) is 0.841. The molecule has 5 heteroatoms. The highest BCUT2D eigenvalue weighted by Gasteiger charge is 2.24. The van der Waals surface area contributed by atoms with Gasteiger partial charge >= 0.3 is 5.97 Å². The third kappa shape index (κ3) is 7.64. The number of hydrogen-bond acceptors (Lipinski definition) is 4. The SMILES string of the molecule is CCCSC(=S)SC(C)(C)CC(=O)O. The minimum absolute atomic E-state index is 0.143. The molecule has 0 bridgehead atoms. The van der Waals surface area contributed by atoms with Crippen molar-refractivity contribution in [2.45, 2.75) is 38.4 Å². The lowest BCUT2D eigenvalue weighted by atomic mass is 10.1. The Morgan fingerprint density at radius 2 is 2.07 bits per heavy atom. The van der Waals surface area contributed by atoms with Gasteiger partial charge in [0.25, 0.3) is 0 Å². The van der Waals surface area contributed by atoms with Crippen molar-refractivity contribution in [3.63, 3.8) is 0 Å². The van der Waals surface area contributed by atoms with Crippen molar-refractivity contribution in [3.05, 3.63) is 0 Å². The highest BCUT2D eigenvalue weighted by molar-refractivity contribution is 8.47. The van der Waals surface area contributed by atoms with Crippen molar-refractivity contribution in [2.24, 2.45) is 0 Å². The lowest BCUT2D eigenvalue weighted by molar-refractivity contribution is -0.137. The third-order valence-electron chi connectivity index (χ3n) is 1.36. The first-order valence-electron chi connectivity index (χ1n) is 4.45. The van der Waals surface area contributed by atoms with E-state index in [-0.39, 0.29) is 11.2 Å². The predicted octanol–water partition coefficient (Wildman–Crippen LogP) is 3.40. The van der Waals surface area contributed by atoms with E-state index in [1.54, 1.807) is 11.8 Å². The maximum Gasteiger partial charge on any atom is 0.304 e. The van der Waals surface area contributed by atoms with Crippen molar-refractivity contribution < 1.29 is 9.90 Å². The highest BCUT2D eigenvalue weighted by Crippen LogP contribution is 2.33. The van der Waals surface area contributed by atoms with Gasteiger partial charge in [0.1, 0.15) is 3.53 Å². The minimum atomic E-state index is -0.772. The summed E-state index contributed by atoms with van der Waals surface area (Å²) in [4.78, 5) is 10.5. The number of thiocarbonyl (C=S) groups is 1. The summed E-state index contributed by atoms with van der Waals surface area (Å²) in [5.74, 6) is 0.236. The van der Waals surface area contributed by atoms with Crippen molar-refractivity contribution in [1.29, 1.82) is 0 Å². The van der Waals surface area contributed by atoms with Crippen LogP contribution in [0.15, 0.2) is 0 Å². The lowest BCUT2D eigenvalue weighted by Gasteiger charge is -2.21. The van der Waals surface area contributed by atoms with Crippen LogP contribution in [0, 0.1) is 0 Å². The second kappa shape index (κ2) is 6.69. The zero-order valence-corrected chi connectivity index (χ0v) is 11.2. The van der Waals surface area contributed by atoms with E-state index in [9.17, 15) is 4.79 Å². The molecule has 0 fully saturated rings. The highest BCUT2D eigenvalue weighted by atomic mass is 32.2. The molecule has 0 aliphatic carbocycles.